The van der Waals surface area contributed by atoms with Gasteiger partial charge in [-0.05, 0) is 48.2 Å². The van der Waals surface area contributed by atoms with Crippen molar-refractivity contribution in [1.29, 1.82) is 0 Å². The van der Waals surface area contributed by atoms with Gasteiger partial charge in [0.25, 0.3) is 0 Å². The fourth-order valence-corrected chi connectivity index (χ4v) is 4.78. The lowest BCUT2D eigenvalue weighted by atomic mass is 10.1. The highest BCUT2D eigenvalue weighted by Crippen LogP contribution is 2.23. The zero-order chi connectivity index (χ0) is 26.7. The molecule has 1 saturated heterocycles. The summed E-state index contributed by atoms with van der Waals surface area (Å²) in [6, 6.07) is 13.8. The first-order chi connectivity index (χ1) is 17.8. The first-order valence-electron chi connectivity index (χ1n) is 12.5. The Balaban J connectivity index is 1.50. The lowest BCUT2D eigenvalue weighted by Crippen LogP contribution is -2.43. The van der Waals surface area contributed by atoms with Gasteiger partial charge in [0.2, 0.25) is 10.0 Å². The number of benzene rings is 2. The topological polar surface area (TPSA) is 118 Å². The molecule has 11 heteroatoms. The van der Waals surface area contributed by atoms with Crippen molar-refractivity contribution in [2.24, 2.45) is 0 Å². The van der Waals surface area contributed by atoms with Gasteiger partial charge in [-0.25, -0.2) is 23.1 Å². The number of nitrogens with zero attached hydrogens (tertiary/aromatic N) is 2. The summed E-state index contributed by atoms with van der Waals surface area (Å²) >= 11 is 0. The molecular formula is C26H37N3O7S. The van der Waals surface area contributed by atoms with E-state index in [9.17, 15) is 18.3 Å². The van der Waals surface area contributed by atoms with Gasteiger partial charge in [0.1, 0.15) is 12.4 Å². The van der Waals surface area contributed by atoms with Crippen LogP contribution in [0.3, 0.4) is 0 Å². The number of ether oxygens (including phenoxy) is 3. The second-order valence-corrected chi connectivity index (χ2v) is 10.7. The molecule has 1 unspecified atom stereocenters. The van der Waals surface area contributed by atoms with E-state index in [0.29, 0.717) is 50.6 Å². The third-order valence-corrected chi connectivity index (χ3v) is 6.91. The fraction of sp³-hybridized carbons (Fsp3) is 0.500. The molecule has 2 aromatic carbocycles. The molecule has 2 aromatic rings. The molecule has 10 nitrogen and oxygen atoms in total. The number of nitrogens with one attached hydrogen (secondary N) is 1. The van der Waals surface area contributed by atoms with Crippen molar-refractivity contribution in [2.45, 2.75) is 32.3 Å². The number of morpholine rings is 1. The van der Waals surface area contributed by atoms with Crippen LogP contribution in [0, 0.1) is 0 Å². The standard InChI is InChI=1S/C26H37N3O7S/c1-3-5-25(30)22-8-10-23(11-9-22)29(37(2,32)33)27-13-12-21-6-4-7-24(20-21)36-26(31)35-19-16-28-14-17-34-18-15-28/h4,6-11,20,25,27,30H,3,5,12-19H2,1-2H3. The molecule has 1 fully saturated rings. The molecule has 0 aromatic heterocycles. The Hall–Kier alpha value is -2.70. The van der Waals surface area contributed by atoms with Gasteiger partial charge < -0.3 is 19.3 Å². The van der Waals surface area contributed by atoms with E-state index in [1.807, 2.05) is 13.0 Å². The van der Waals surface area contributed by atoms with Crippen LogP contribution in [0.1, 0.15) is 37.0 Å². The van der Waals surface area contributed by atoms with Crippen LogP contribution in [0.5, 0.6) is 5.75 Å². The van der Waals surface area contributed by atoms with E-state index in [0.717, 1.165) is 41.3 Å². The largest absolute Gasteiger partial charge is 0.513 e. The lowest BCUT2D eigenvalue weighted by Gasteiger charge is -2.25. The van der Waals surface area contributed by atoms with Gasteiger partial charge in [-0.1, -0.05) is 37.6 Å². The van der Waals surface area contributed by atoms with Crippen molar-refractivity contribution in [3.05, 3.63) is 59.7 Å². The molecule has 0 spiro atoms. The number of sulfonamides is 1. The average molecular weight is 536 g/mol. The summed E-state index contributed by atoms with van der Waals surface area (Å²) in [6.07, 6.45) is 1.76. The lowest BCUT2D eigenvalue weighted by molar-refractivity contribution is 0.0240. The van der Waals surface area contributed by atoms with Gasteiger partial charge in [-0.15, -0.1) is 0 Å². The summed E-state index contributed by atoms with van der Waals surface area (Å²) in [5.41, 5.74) is 5.01. The Bertz CT molecular complexity index is 1090. The molecule has 1 aliphatic heterocycles. The monoisotopic (exact) mass is 535 g/mol. The normalized spacial score (nSPS) is 15.2. The Morgan fingerprint density at radius 2 is 1.92 bits per heavy atom. The molecular weight excluding hydrogens is 498 g/mol. The minimum absolute atomic E-state index is 0.238. The number of hydrogen-bond donors (Lipinski definition) is 2. The van der Waals surface area contributed by atoms with Crippen LogP contribution in [-0.4, -0.2) is 76.8 Å². The zero-order valence-corrected chi connectivity index (χ0v) is 22.3. The summed E-state index contributed by atoms with van der Waals surface area (Å²) in [7, 11) is -3.59. The van der Waals surface area contributed by atoms with Gasteiger partial charge in [-0.2, -0.15) is 0 Å². The van der Waals surface area contributed by atoms with Crippen molar-refractivity contribution >= 4 is 21.9 Å². The number of anilines is 1. The van der Waals surface area contributed by atoms with Crippen molar-refractivity contribution in [3.8, 4) is 5.75 Å². The predicted molar refractivity (Wildman–Crippen MR) is 141 cm³/mol. The van der Waals surface area contributed by atoms with Crippen molar-refractivity contribution in [2.75, 3.05) is 56.7 Å². The average Bonchev–Trinajstić information content (AvgIpc) is 2.87. The highest BCUT2D eigenvalue weighted by atomic mass is 32.2. The molecule has 0 bridgehead atoms. The highest BCUT2D eigenvalue weighted by molar-refractivity contribution is 7.92. The van der Waals surface area contributed by atoms with Crippen LogP contribution in [0.25, 0.3) is 0 Å². The third-order valence-electron chi connectivity index (χ3n) is 5.91. The Morgan fingerprint density at radius 1 is 1.19 bits per heavy atom. The number of hydrogen-bond acceptors (Lipinski definition) is 9. The Kier molecular flexibility index (Phi) is 11.2. The van der Waals surface area contributed by atoms with E-state index in [2.05, 4.69) is 10.3 Å². The summed E-state index contributed by atoms with van der Waals surface area (Å²) in [5.74, 6) is 0.357. The van der Waals surface area contributed by atoms with E-state index >= 15 is 0 Å². The number of aliphatic hydroxyl groups is 1. The SMILES string of the molecule is CCCC(O)c1ccc(N(NCCc2cccc(OC(=O)OCCN3CCOCC3)c2)S(C)(=O)=O)cc1. The summed E-state index contributed by atoms with van der Waals surface area (Å²) in [4.78, 5) is 14.2. The van der Waals surface area contributed by atoms with Crippen LogP contribution < -0.4 is 14.6 Å². The third kappa shape index (κ3) is 9.60. The van der Waals surface area contributed by atoms with Crippen molar-refractivity contribution < 1.29 is 32.5 Å². The molecule has 1 aliphatic rings. The maximum absolute atomic E-state index is 12.4. The zero-order valence-electron chi connectivity index (χ0n) is 21.5. The van der Waals surface area contributed by atoms with E-state index in [1.54, 1.807) is 42.5 Å². The van der Waals surface area contributed by atoms with E-state index in [-0.39, 0.29) is 6.61 Å². The molecule has 0 amide bonds. The molecule has 0 aliphatic carbocycles. The maximum Gasteiger partial charge on any atom is 0.513 e. The van der Waals surface area contributed by atoms with Gasteiger partial charge >= 0.3 is 6.16 Å². The van der Waals surface area contributed by atoms with E-state index in [4.69, 9.17) is 14.2 Å². The number of carbonyl (C=O) groups is 1. The molecule has 1 heterocycles. The van der Waals surface area contributed by atoms with Crippen LogP contribution in [-0.2, 0) is 25.9 Å². The second kappa shape index (κ2) is 14.3. The molecule has 0 radical (unpaired) electrons. The molecule has 3 rings (SSSR count). The summed E-state index contributed by atoms with van der Waals surface area (Å²) in [6.45, 7) is 6.19. The highest BCUT2D eigenvalue weighted by Gasteiger charge is 2.18. The van der Waals surface area contributed by atoms with Crippen molar-refractivity contribution in [1.82, 2.24) is 10.3 Å². The minimum Gasteiger partial charge on any atom is -0.433 e. The Morgan fingerprint density at radius 3 is 2.59 bits per heavy atom. The molecule has 37 heavy (non-hydrogen) atoms. The van der Waals surface area contributed by atoms with Gasteiger partial charge in [-0.3, -0.25) is 4.90 Å². The first kappa shape index (κ1) is 28.9. The van der Waals surface area contributed by atoms with Crippen LogP contribution >= 0.6 is 0 Å². The van der Waals surface area contributed by atoms with Gasteiger partial charge in [0.05, 0.1) is 31.3 Å². The number of aliphatic hydroxyl groups excluding tert-OH is 1. The summed E-state index contributed by atoms with van der Waals surface area (Å²) in [5, 5.41) is 10.2. The Labute approximate surface area is 219 Å². The number of rotatable bonds is 13. The van der Waals surface area contributed by atoms with Gasteiger partial charge in [0.15, 0.2) is 0 Å². The van der Waals surface area contributed by atoms with E-state index < -0.39 is 22.3 Å². The minimum atomic E-state index is -3.59. The van der Waals surface area contributed by atoms with Crippen molar-refractivity contribution in [3.63, 3.8) is 0 Å². The predicted octanol–water partition coefficient (Wildman–Crippen LogP) is 2.88. The quantitative estimate of drug-likeness (QED) is 0.227. The van der Waals surface area contributed by atoms with Gasteiger partial charge in [0, 0.05) is 26.2 Å². The van der Waals surface area contributed by atoms with Crippen LogP contribution in [0.4, 0.5) is 10.5 Å². The molecule has 1 atom stereocenters. The second-order valence-electron chi connectivity index (χ2n) is 8.88. The fourth-order valence-electron chi connectivity index (χ4n) is 3.95. The number of carbonyl (C=O) groups excluding carboxylic acids is 1. The summed E-state index contributed by atoms with van der Waals surface area (Å²) < 4.78 is 41.7. The first-order valence-corrected chi connectivity index (χ1v) is 14.4. The van der Waals surface area contributed by atoms with Crippen LogP contribution in [0.2, 0.25) is 0 Å². The smallest absolute Gasteiger partial charge is 0.433 e. The van der Waals surface area contributed by atoms with E-state index in [1.165, 1.54) is 0 Å². The molecule has 2 N–H and O–H groups in total. The number of hydrazine groups is 1. The maximum atomic E-state index is 12.4. The molecule has 0 saturated carbocycles. The van der Waals surface area contributed by atoms with Crippen LogP contribution in [0.15, 0.2) is 48.5 Å². The molecule has 204 valence electrons.